The molecule has 0 radical (unpaired) electrons. The fourth-order valence-electron chi connectivity index (χ4n) is 2.85. The van der Waals surface area contributed by atoms with E-state index in [-0.39, 0.29) is 0 Å². The molecule has 0 unspecified atom stereocenters. The molecule has 0 atom stereocenters. The minimum absolute atomic E-state index is 0.315. The van der Waals surface area contributed by atoms with Crippen molar-refractivity contribution in [2.45, 2.75) is 39.2 Å². The predicted octanol–water partition coefficient (Wildman–Crippen LogP) is 3.75. The van der Waals surface area contributed by atoms with Gasteiger partial charge < -0.3 is 4.57 Å². The Morgan fingerprint density at radius 2 is 2.00 bits per heavy atom. The largest absolute Gasteiger partial charge is 0.349 e. The smallest absolute Gasteiger partial charge is 0.164 e. The first-order valence-electron chi connectivity index (χ1n) is 7.00. The first kappa shape index (κ1) is 12.2. The summed E-state index contributed by atoms with van der Waals surface area (Å²) in [4.78, 5) is 12.0. The lowest BCUT2D eigenvalue weighted by atomic mass is 10.1. The Hall–Kier alpha value is -1.83. The third-order valence-corrected chi connectivity index (χ3v) is 3.81. The van der Waals surface area contributed by atoms with Crippen molar-refractivity contribution in [1.82, 2.24) is 4.57 Å². The van der Waals surface area contributed by atoms with Gasteiger partial charge in [0, 0.05) is 30.9 Å². The lowest BCUT2D eigenvalue weighted by molar-refractivity contribution is 0.0982. The third kappa shape index (κ3) is 2.62. The molecule has 3 rings (SSSR count). The molecule has 1 aromatic heterocycles. The summed E-state index contributed by atoms with van der Waals surface area (Å²) in [6, 6.07) is 8.54. The zero-order chi connectivity index (χ0) is 13.2. The third-order valence-electron chi connectivity index (χ3n) is 3.81. The second-order valence-corrected chi connectivity index (χ2v) is 5.49. The fourth-order valence-corrected chi connectivity index (χ4v) is 2.85. The summed E-state index contributed by atoms with van der Waals surface area (Å²) >= 11 is 0. The second-order valence-electron chi connectivity index (χ2n) is 5.49. The van der Waals surface area contributed by atoms with Gasteiger partial charge in [-0.1, -0.05) is 29.8 Å². The van der Waals surface area contributed by atoms with Gasteiger partial charge in [0.25, 0.3) is 0 Å². The average Bonchev–Trinajstić information content (AvgIpc) is 2.70. The predicted molar refractivity (Wildman–Crippen MR) is 76.6 cm³/mol. The van der Waals surface area contributed by atoms with Crippen molar-refractivity contribution < 1.29 is 4.79 Å². The molecule has 1 heterocycles. The molecule has 0 fully saturated rings. The SMILES string of the molecule is Cc1cccc(Cn2cc3c(c2)C(=O)CCCC3)c1. The summed E-state index contributed by atoms with van der Waals surface area (Å²) in [6.07, 6.45) is 8.11. The average molecular weight is 253 g/mol. The van der Waals surface area contributed by atoms with Gasteiger partial charge in [0.15, 0.2) is 5.78 Å². The summed E-state index contributed by atoms with van der Waals surface area (Å²) in [5, 5.41) is 0. The van der Waals surface area contributed by atoms with Crippen molar-refractivity contribution >= 4 is 5.78 Å². The molecule has 2 nitrogen and oxygen atoms in total. The summed E-state index contributed by atoms with van der Waals surface area (Å²) < 4.78 is 2.16. The number of aryl methyl sites for hydroxylation is 2. The van der Waals surface area contributed by atoms with E-state index in [1.54, 1.807) is 0 Å². The van der Waals surface area contributed by atoms with E-state index in [0.29, 0.717) is 12.2 Å². The van der Waals surface area contributed by atoms with Gasteiger partial charge in [-0.25, -0.2) is 0 Å². The molecule has 2 aromatic rings. The van der Waals surface area contributed by atoms with Gasteiger partial charge in [-0.3, -0.25) is 4.79 Å². The number of benzene rings is 1. The Balaban J connectivity index is 1.87. The number of ketones is 1. The monoisotopic (exact) mass is 253 g/mol. The Morgan fingerprint density at radius 3 is 2.84 bits per heavy atom. The van der Waals surface area contributed by atoms with E-state index in [9.17, 15) is 4.79 Å². The number of hydrogen-bond donors (Lipinski definition) is 0. The molecular weight excluding hydrogens is 234 g/mol. The molecule has 0 aliphatic heterocycles. The lowest BCUT2D eigenvalue weighted by Gasteiger charge is -2.04. The minimum Gasteiger partial charge on any atom is -0.349 e. The highest BCUT2D eigenvalue weighted by Gasteiger charge is 2.17. The van der Waals surface area contributed by atoms with E-state index in [1.165, 1.54) is 16.7 Å². The lowest BCUT2D eigenvalue weighted by Crippen LogP contribution is -1.99. The number of aromatic nitrogens is 1. The Kier molecular flexibility index (Phi) is 3.24. The number of carbonyl (C=O) groups is 1. The number of rotatable bonds is 2. The second kappa shape index (κ2) is 5.04. The summed E-state index contributed by atoms with van der Waals surface area (Å²) in [5.41, 5.74) is 4.75. The van der Waals surface area contributed by atoms with E-state index < -0.39 is 0 Å². The van der Waals surface area contributed by atoms with Crippen LogP contribution in [-0.2, 0) is 13.0 Å². The molecule has 98 valence electrons. The Bertz CT molecular complexity index is 609. The summed E-state index contributed by atoms with van der Waals surface area (Å²) in [7, 11) is 0. The van der Waals surface area contributed by atoms with Crippen molar-refractivity contribution in [1.29, 1.82) is 0 Å². The van der Waals surface area contributed by atoms with Gasteiger partial charge in [0.05, 0.1) is 0 Å². The topological polar surface area (TPSA) is 22.0 Å². The first-order chi connectivity index (χ1) is 9.22. The van der Waals surface area contributed by atoms with Crippen LogP contribution in [0.5, 0.6) is 0 Å². The van der Waals surface area contributed by atoms with Crippen molar-refractivity contribution in [3.63, 3.8) is 0 Å². The van der Waals surface area contributed by atoms with Gasteiger partial charge in [-0.2, -0.15) is 0 Å². The van der Waals surface area contributed by atoms with Gasteiger partial charge >= 0.3 is 0 Å². The van der Waals surface area contributed by atoms with Gasteiger partial charge in [-0.15, -0.1) is 0 Å². The van der Waals surface area contributed by atoms with Crippen LogP contribution < -0.4 is 0 Å². The van der Waals surface area contributed by atoms with Crippen molar-refractivity contribution in [2.24, 2.45) is 0 Å². The maximum atomic E-state index is 12.0. The van der Waals surface area contributed by atoms with Crippen LogP contribution in [0.3, 0.4) is 0 Å². The van der Waals surface area contributed by atoms with Crippen LogP contribution >= 0.6 is 0 Å². The van der Waals surface area contributed by atoms with Crippen LogP contribution in [0.25, 0.3) is 0 Å². The quantitative estimate of drug-likeness (QED) is 0.747. The van der Waals surface area contributed by atoms with Crippen LogP contribution in [0.15, 0.2) is 36.7 Å². The van der Waals surface area contributed by atoms with E-state index in [2.05, 4.69) is 42.0 Å². The van der Waals surface area contributed by atoms with Crippen LogP contribution in [0.2, 0.25) is 0 Å². The van der Waals surface area contributed by atoms with Gasteiger partial charge in [-0.05, 0) is 37.3 Å². The molecule has 0 spiro atoms. The molecule has 0 saturated heterocycles. The number of Topliss-reactive ketones (excluding diaryl/α,β-unsaturated/α-hetero) is 1. The van der Waals surface area contributed by atoms with E-state index in [1.807, 2.05) is 6.20 Å². The van der Waals surface area contributed by atoms with Crippen LogP contribution in [0, 0.1) is 6.92 Å². The normalized spacial score (nSPS) is 15.1. The van der Waals surface area contributed by atoms with E-state index in [0.717, 1.165) is 31.4 Å². The number of nitrogens with zero attached hydrogens (tertiary/aromatic N) is 1. The first-order valence-corrected chi connectivity index (χ1v) is 7.00. The maximum absolute atomic E-state index is 12.0. The molecule has 0 bridgehead atoms. The molecule has 0 N–H and O–H groups in total. The standard InChI is InChI=1S/C17H19NO/c1-13-5-4-6-14(9-13)10-18-11-15-7-2-3-8-17(19)16(15)12-18/h4-6,9,11-12H,2-3,7-8,10H2,1H3. The zero-order valence-electron chi connectivity index (χ0n) is 11.4. The van der Waals surface area contributed by atoms with Crippen molar-refractivity contribution in [2.75, 3.05) is 0 Å². The summed E-state index contributed by atoms with van der Waals surface area (Å²) in [6.45, 7) is 2.96. The fraction of sp³-hybridized carbons (Fsp3) is 0.353. The Labute approximate surface area is 114 Å². The molecule has 1 aliphatic rings. The molecule has 1 aliphatic carbocycles. The summed E-state index contributed by atoms with van der Waals surface area (Å²) in [5.74, 6) is 0.315. The van der Waals surface area contributed by atoms with E-state index >= 15 is 0 Å². The maximum Gasteiger partial charge on any atom is 0.164 e. The molecule has 1 aromatic carbocycles. The van der Waals surface area contributed by atoms with Crippen molar-refractivity contribution in [3.05, 3.63) is 58.9 Å². The van der Waals surface area contributed by atoms with Crippen LogP contribution in [-0.4, -0.2) is 10.4 Å². The highest BCUT2D eigenvalue weighted by Crippen LogP contribution is 2.22. The van der Waals surface area contributed by atoms with Crippen LogP contribution in [0.1, 0.15) is 46.3 Å². The molecule has 0 amide bonds. The zero-order valence-corrected chi connectivity index (χ0v) is 11.4. The molecule has 19 heavy (non-hydrogen) atoms. The van der Waals surface area contributed by atoms with Crippen molar-refractivity contribution in [3.8, 4) is 0 Å². The molecule has 0 saturated carbocycles. The Morgan fingerprint density at radius 1 is 1.16 bits per heavy atom. The van der Waals surface area contributed by atoms with E-state index in [4.69, 9.17) is 0 Å². The minimum atomic E-state index is 0.315. The van der Waals surface area contributed by atoms with Gasteiger partial charge in [0.2, 0.25) is 0 Å². The highest BCUT2D eigenvalue weighted by atomic mass is 16.1. The number of hydrogen-bond acceptors (Lipinski definition) is 1. The van der Waals surface area contributed by atoms with Gasteiger partial charge in [0.1, 0.15) is 0 Å². The number of fused-ring (bicyclic) bond motifs is 1. The number of carbonyl (C=O) groups excluding carboxylic acids is 1. The molecular formula is C17H19NO. The highest BCUT2D eigenvalue weighted by molar-refractivity contribution is 5.97. The van der Waals surface area contributed by atoms with Crippen LogP contribution in [0.4, 0.5) is 0 Å². The molecule has 2 heteroatoms.